The van der Waals surface area contributed by atoms with Crippen molar-refractivity contribution in [2.75, 3.05) is 12.5 Å². The van der Waals surface area contributed by atoms with Crippen LogP contribution >= 0.6 is 11.3 Å². The van der Waals surface area contributed by atoms with Crippen molar-refractivity contribution in [2.24, 2.45) is 5.84 Å². The number of rotatable bonds is 5. The summed E-state index contributed by atoms with van der Waals surface area (Å²) in [5.41, 5.74) is 2.43. The van der Waals surface area contributed by atoms with Gasteiger partial charge in [0, 0.05) is 6.07 Å². The van der Waals surface area contributed by atoms with Gasteiger partial charge in [-0.25, -0.2) is 5.84 Å². The van der Waals surface area contributed by atoms with Crippen LogP contribution in [-0.2, 0) is 6.61 Å². The lowest BCUT2D eigenvalue weighted by molar-refractivity contribution is 0.302. The smallest absolute Gasteiger partial charge is 0.219 e. The van der Waals surface area contributed by atoms with E-state index in [2.05, 4.69) is 15.6 Å². The van der Waals surface area contributed by atoms with Crippen LogP contribution in [0.4, 0.5) is 5.13 Å². The third-order valence-corrected chi connectivity index (χ3v) is 2.82. The summed E-state index contributed by atoms with van der Waals surface area (Å²) in [6.45, 7) is 0.354. The summed E-state index contributed by atoms with van der Waals surface area (Å²) < 4.78 is 10.6. The monoisotopic (exact) mass is 252 g/mol. The number of ether oxygens (including phenoxy) is 2. The van der Waals surface area contributed by atoms with E-state index in [1.807, 2.05) is 24.3 Å². The maximum Gasteiger partial charge on any atom is 0.219 e. The van der Waals surface area contributed by atoms with E-state index >= 15 is 0 Å². The molecule has 0 bridgehead atoms. The molecule has 0 spiro atoms. The predicted octanol–water partition coefficient (Wildman–Crippen LogP) is 1.41. The molecule has 90 valence electrons. The van der Waals surface area contributed by atoms with Crippen LogP contribution in [0.25, 0.3) is 0 Å². The van der Waals surface area contributed by atoms with Crippen molar-refractivity contribution < 1.29 is 9.47 Å². The Morgan fingerprint density at radius 2 is 2.18 bits per heavy atom. The fraction of sp³-hybridized carbons (Fsp3) is 0.200. The summed E-state index contributed by atoms with van der Waals surface area (Å²) in [7, 11) is 1.61. The van der Waals surface area contributed by atoms with Crippen molar-refractivity contribution >= 4 is 16.5 Å². The zero-order valence-corrected chi connectivity index (χ0v) is 10.0. The van der Waals surface area contributed by atoms with E-state index in [0.717, 1.165) is 16.5 Å². The van der Waals surface area contributed by atoms with Crippen LogP contribution in [0.1, 0.15) is 5.01 Å². The molecule has 1 aromatic carbocycles. The van der Waals surface area contributed by atoms with Gasteiger partial charge in [-0.1, -0.05) is 17.4 Å². The molecule has 0 fully saturated rings. The number of nitrogens with two attached hydrogens (primary N) is 1. The van der Waals surface area contributed by atoms with Crippen LogP contribution in [0.3, 0.4) is 0 Å². The van der Waals surface area contributed by atoms with Gasteiger partial charge in [0.05, 0.1) is 7.11 Å². The summed E-state index contributed by atoms with van der Waals surface area (Å²) >= 11 is 1.35. The summed E-state index contributed by atoms with van der Waals surface area (Å²) in [5, 5.41) is 9.04. The highest BCUT2D eigenvalue weighted by atomic mass is 32.1. The Balaban J connectivity index is 1.96. The molecule has 17 heavy (non-hydrogen) atoms. The number of hydrazine groups is 1. The van der Waals surface area contributed by atoms with Gasteiger partial charge < -0.3 is 9.47 Å². The highest BCUT2D eigenvalue weighted by Gasteiger charge is 2.04. The number of nitrogen functional groups attached to an aromatic ring is 1. The molecule has 0 aliphatic carbocycles. The van der Waals surface area contributed by atoms with Gasteiger partial charge in [0.25, 0.3) is 0 Å². The second-order valence-electron chi connectivity index (χ2n) is 3.11. The van der Waals surface area contributed by atoms with Gasteiger partial charge in [0.2, 0.25) is 5.13 Å². The number of nitrogens with zero attached hydrogens (tertiary/aromatic N) is 2. The Morgan fingerprint density at radius 3 is 2.88 bits per heavy atom. The lowest BCUT2D eigenvalue weighted by Gasteiger charge is -2.05. The fourth-order valence-corrected chi connectivity index (χ4v) is 1.77. The molecule has 0 amide bonds. The first kappa shape index (κ1) is 11.6. The van der Waals surface area contributed by atoms with Gasteiger partial charge in [-0.15, -0.1) is 10.2 Å². The Bertz CT molecular complexity index is 489. The first-order valence-corrected chi connectivity index (χ1v) is 5.69. The third kappa shape index (κ3) is 3.05. The first-order valence-electron chi connectivity index (χ1n) is 4.87. The van der Waals surface area contributed by atoms with E-state index in [9.17, 15) is 0 Å². The van der Waals surface area contributed by atoms with E-state index in [0.29, 0.717) is 11.7 Å². The van der Waals surface area contributed by atoms with E-state index in [4.69, 9.17) is 15.3 Å². The Kier molecular flexibility index (Phi) is 3.73. The minimum Gasteiger partial charge on any atom is -0.497 e. The van der Waals surface area contributed by atoms with Crippen LogP contribution in [0, 0.1) is 0 Å². The van der Waals surface area contributed by atoms with Gasteiger partial charge in [-0.2, -0.15) is 0 Å². The quantitative estimate of drug-likeness (QED) is 0.618. The molecule has 0 aliphatic rings. The van der Waals surface area contributed by atoms with Gasteiger partial charge in [0.15, 0.2) is 5.01 Å². The van der Waals surface area contributed by atoms with E-state index < -0.39 is 0 Å². The van der Waals surface area contributed by atoms with Crippen LogP contribution in [0.2, 0.25) is 0 Å². The maximum absolute atomic E-state index is 5.55. The van der Waals surface area contributed by atoms with Crippen LogP contribution in [0.15, 0.2) is 24.3 Å². The number of methoxy groups -OCH3 is 1. The highest BCUT2D eigenvalue weighted by Crippen LogP contribution is 2.21. The maximum atomic E-state index is 5.55. The molecule has 0 unspecified atom stereocenters. The molecular weight excluding hydrogens is 240 g/mol. The SMILES string of the molecule is COc1cccc(OCc2nnc(NN)s2)c1. The average molecular weight is 252 g/mol. The number of nitrogens with one attached hydrogen (secondary N) is 1. The molecule has 0 saturated heterocycles. The molecule has 0 saturated carbocycles. The van der Waals surface area contributed by atoms with Crippen LogP contribution in [0.5, 0.6) is 11.5 Å². The molecule has 1 heterocycles. The lowest BCUT2D eigenvalue weighted by Crippen LogP contribution is -2.05. The van der Waals surface area contributed by atoms with Crippen molar-refractivity contribution in [2.45, 2.75) is 6.61 Å². The normalized spacial score (nSPS) is 10.0. The first-order chi connectivity index (χ1) is 8.31. The van der Waals surface area contributed by atoms with E-state index in [1.165, 1.54) is 11.3 Å². The van der Waals surface area contributed by atoms with E-state index in [1.54, 1.807) is 7.11 Å². The van der Waals surface area contributed by atoms with Crippen molar-refractivity contribution in [1.29, 1.82) is 0 Å². The standard InChI is InChI=1S/C10H12N4O2S/c1-15-7-3-2-4-8(5-7)16-6-9-13-14-10(12-11)17-9/h2-5H,6,11H2,1H3,(H,12,14). The minimum atomic E-state index is 0.354. The summed E-state index contributed by atoms with van der Waals surface area (Å²) in [6, 6.07) is 7.38. The van der Waals surface area contributed by atoms with Crippen molar-refractivity contribution in [1.82, 2.24) is 10.2 Å². The lowest BCUT2D eigenvalue weighted by atomic mass is 10.3. The molecule has 0 atom stereocenters. The molecule has 0 radical (unpaired) electrons. The summed E-state index contributed by atoms with van der Waals surface area (Å²) in [5.74, 6) is 6.69. The molecule has 6 nitrogen and oxygen atoms in total. The van der Waals surface area contributed by atoms with Gasteiger partial charge in [-0.05, 0) is 12.1 Å². The number of hydrogen-bond donors (Lipinski definition) is 2. The molecular formula is C10H12N4O2S. The molecule has 3 N–H and O–H groups in total. The fourth-order valence-electron chi connectivity index (χ4n) is 1.21. The topological polar surface area (TPSA) is 82.3 Å². The highest BCUT2D eigenvalue weighted by molar-refractivity contribution is 7.15. The largest absolute Gasteiger partial charge is 0.497 e. The molecule has 1 aromatic heterocycles. The molecule has 0 aliphatic heterocycles. The number of aromatic nitrogens is 2. The summed E-state index contributed by atoms with van der Waals surface area (Å²) in [6.07, 6.45) is 0. The molecule has 2 aromatic rings. The van der Waals surface area contributed by atoms with Crippen LogP contribution in [-0.4, -0.2) is 17.3 Å². The van der Waals surface area contributed by atoms with Gasteiger partial charge in [-0.3, -0.25) is 5.43 Å². The minimum absolute atomic E-state index is 0.354. The molecule has 2 rings (SSSR count). The average Bonchev–Trinajstić information content (AvgIpc) is 2.84. The second kappa shape index (κ2) is 5.46. The van der Waals surface area contributed by atoms with E-state index in [-0.39, 0.29) is 0 Å². The number of benzene rings is 1. The second-order valence-corrected chi connectivity index (χ2v) is 4.18. The Morgan fingerprint density at radius 1 is 1.35 bits per heavy atom. The zero-order chi connectivity index (χ0) is 12.1. The third-order valence-electron chi connectivity index (χ3n) is 1.99. The predicted molar refractivity (Wildman–Crippen MR) is 65.0 cm³/mol. The van der Waals surface area contributed by atoms with Crippen LogP contribution < -0.4 is 20.7 Å². The molecule has 7 heteroatoms. The summed E-state index contributed by atoms with van der Waals surface area (Å²) in [4.78, 5) is 0. The Labute approximate surface area is 102 Å². The number of anilines is 1. The van der Waals surface area contributed by atoms with Gasteiger partial charge in [0.1, 0.15) is 18.1 Å². The Hall–Kier alpha value is -1.86. The van der Waals surface area contributed by atoms with Crippen molar-refractivity contribution in [3.8, 4) is 11.5 Å². The van der Waals surface area contributed by atoms with Crippen molar-refractivity contribution in [3.05, 3.63) is 29.3 Å². The van der Waals surface area contributed by atoms with Crippen molar-refractivity contribution in [3.63, 3.8) is 0 Å². The van der Waals surface area contributed by atoms with Gasteiger partial charge >= 0.3 is 0 Å². The zero-order valence-electron chi connectivity index (χ0n) is 9.21. The number of hydrogen-bond acceptors (Lipinski definition) is 7.